The van der Waals surface area contributed by atoms with Crippen LogP contribution < -0.4 is 11.1 Å². The van der Waals surface area contributed by atoms with Crippen LogP contribution in [-0.2, 0) is 4.79 Å². The molecule has 0 aliphatic heterocycles. The Balaban J connectivity index is 2.80. The summed E-state index contributed by atoms with van der Waals surface area (Å²) in [6.45, 7) is 6.10. The van der Waals surface area contributed by atoms with Crippen LogP contribution in [0.5, 0.6) is 0 Å². The second kappa shape index (κ2) is 6.21. The third-order valence-electron chi connectivity index (χ3n) is 3.50. The molecule has 4 heteroatoms. The summed E-state index contributed by atoms with van der Waals surface area (Å²) in [5.74, 6) is -0.0279. The maximum absolute atomic E-state index is 12.2. The molecule has 0 bridgehead atoms. The quantitative estimate of drug-likeness (QED) is 0.863. The highest BCUT2D eigenvalue weighted by atomic mass is 35.5. The van der Waals surface area contributed by atoms with Gasteiger partial charge in [-0.25, -0.2) is 0 Å². The van der Waals surface area contributed by atoms with Gasteiger partial charge in [-0.1, -0.05) is 36.7 Å². The molecule has 1 rings (SSSR count). The van der Waals surface area contributed by atoms with Gasteiger partial charge in [-0.05, 0) is 31.9 Å². The summed E-state index contributed by atoms with van der Waals surface area (Å²) in [7, 11) is 0. The van der Waals surface area contributed by atoms with Crippen molar-refractivity contribution in [3.05, 3.63) is 34.9 Å². The van der Waals surface area contributed by atoms with Crippen molar-refractivity contribution >= 4 is 17.5 Å². The molecule has 100 valence electrons. The van der Waals surface area contributed by atoms with Gasteiger partial charge in [0.05, 0.1) is 11.5 Å². The minimum absolute atomic E-state index is 0.0279. The van der Waals surface area contributed by atoms with Crippen LogP contribution in [0.25, 0.3) is 0 Å². The van der Waals surface area contributed by atoms with Crippen molar-refractivity contribution in [2.75, 3.05) is 6.54 Å². The fraction of sp³-hybridized carbons (Fsp3) is 0.500. The van der Waals surface area contributed by atoms with Crippen molar-refractivity contribution in [2.24, 2.45) is 11.1 Å². The van der Waals surface area contributed by atoms with E-state index in [9.17, 15) is 4.79 Å². The Kier molecular flexibility index (Phi) is 5.17. The molecule has 0 saturated carbocycles. The molecule has 2 atom stereocenters. The highest BCUT2D eigenvalue weighted by molar-refractivity contribution is 6.31. The average Bonchev–Trinajstić information content (AvgIpc) is 2.38. The molecule has 0 heterocycles. The standard InChI is InChI=1S/C14H21ClN2O/c1-4-14(3,9-16)13(18)17-10(2)11-7-5-6-8-12(11)15/h5-8,10H,4,9,16H2,1-3H3,(H,17,18). The topological polar surface area (TPSA) is 55.1 Å². The van der Waals surface area contributed by atoms with E-state index in [1.165, 1.54) is 0 Å². The van der Waals surface area contributed by atoms with E-state index in [2.05, 4.69) is 5.32 Å². The van der Waals surface area contributed by atoms with Crippen molar-refractivity contribution in [3.63, 3.8) is 0 Å². The number of carbonyl (C=O) groups excluding carboxylic acids is 1. The summed E-state index contributed by atoms with van der Waals surface area (Å²) in [5, 5.41) is 3.64. The van der Waals surface area contributed by atoms with Crippen LogP contribution in [0.1, 0.15) is 38.8 Å². The number of hydrogen-bond acceptors (Lipinski definition) is 2. The number of rotatable bonds is 5. The molecule has 0 aliphatic rings. The molecule has 0 aliphatic carbocycles. The van der Waals surface area contributed by atoms with E-state index in [4.69, 9.17) is 17.3 Å². The lowest BCUT2D eigenvalue weighted by atomic mass is 9.86. The third-order valence-corrected chi connectivity index (χ3v) is 3.84. The molecular weight excluding hydrogens is 248 g/mol. The van der Waals surface area contributed by atoms with Gasteiger partial charge >= 0.3 is 0 Å². The number of nitrogens with one attached hydrogen (secondary N) is 1. The Bertz CT molecular complexity index is 416. The van der Waals surface area contributed by atoms with E-state index in [-0.39, 0.29) is 11.9 Å². The van der Waals surface area contributed by atoms with Crippen LogP contribution in [0.4, 0.5) is 0 Å². The number of nitrogens with two attached hydrogens (primary N) is 1. The van der Waals surface area contributed by atoms with Crippen molar-refractivity contribution < 1.29 is 4.79 Å². The minimum atomic E-state index is -0.518. The number of hydrogen-bond donors (Lipinski definition) is 2. The third kappa shape index (κ3) is 3.24. The number of halogens is 1. The van der Waals surface area contributed by atoms with Crippen molar-refractivity contribution in [1.82, 2.24) is 5.32 Å². The fourth-order valence-electron chi connectivity index (χ4n) is 1.67. The number of amides is 1. The molecular formula is C14H21ClN2O. The van der Waals surface area contributed by atoms with Gasteiger partial charge in [-0.2, -0.15) is 0 Å². The second-order valence-corrected chi connectivity index (χ2v) is 5.24. The Labute approximate surface area is 114 Å². The van der Waals surface area contributed by atoms with Gasteiger partial charge in [-0.15, -0.1) is 0 Å². The molecule has 0 spiro atoms. The fourth-order valence-corrected chi connectivity index (χ4v) is 1.97. The summed E-state index contributed by atoms with van der Waals surface area (Å²) in [5.41, 5.74) is 6.08. The van der Waals surface area contributed by atoms with Gasteiger partial charge in [0.1, 0.15) is 0 Å². The van der Waals surface area contributed by atoms with E-state index >= 15 is 0 Å². The monoisotopic (exact) mass is 268 g/mol. The van der Waals surface area contributed by atoms with Crippen LogP contribution in [0.15, 0.2) is 24.3 Å². The van der Waals surface area contributed by atoms with Gasteiger partial charge in [0.15, 0.2) is 0 Å². The van der Waals surface area contributed by atoms with E-state index in [0.717, 1.165) is 5.56 Å². The molecule has 18 heavy (non-hydrogen) atoms. The maximum Gasteiger partial charge on any atom is 0.227 e. The normalized spacial score (nSPS) is 15.8. The van der Waals surface area contributed by atoms with E-state index in [0.29, 0.717) is 18.0 Å². The highest BCUT2D eigenvalue weighted by Gasteiger charge is 2.30. The average molecular weight is 269 g/mol. The lowest BCUT2D eigenvalue weighted by molar-refractivity contribution is -0.130. The van der Waals surface area contributed by atoms with Gasteiger partial charge in [-0.3, -0.25) is 4.79 Å². The molecule has 0 fully saturated rings. The van der Waals surface area contributed by atoms with Crippen LogP contribution in [0.2, 0.25) is 5.02 Å². The Morgan fingerprint density at radius 1 is 1.50 bits per heavy atom. The van der Waals surface area contributed by atoms with Crippen LogP contribution in [-0.4, -0.2) is 12.5 Å². The Morgan fingerprint density at radius 3 is 2.61 bits per heavy atom. The molecule has 3 nitrogen and oxygen atoms in total. The zero-order chi connectivity index (χ0) is 13.8. The SMILES string of the molecule is CCC(C)(CN)C(=O)NC(C)c1ccccc1Cl. The predicted octanol–water partition coefficient (Wildman–Crippen LogP) is 2.89. The first-order chi connectivity index (χ1) is 8.44. The van der Waals surface area contributed by atoms with E-state index in [1.54, 1.807) is 0 Å². The summed E-state index contributed by atoms with van der Waals surface area (Å²) in [6, 6.07) is 7.39. The van der Waals surface area contributed by atoms with Gasteiger partial charge in [0.25, 0.3) is 0 Å². The van der Waals surface area contributed by atoms with Gasteiger partial charge < -0.3 is 11.1 Å². The summed E-state index contributed by atoms with van der Waals surface area (Å²) >= 11 is 6.11. The van der Waals surface area contributed by atoms with Gasteiger partial charge in [0.2, 0.25) is 5.91 Å². The van der Waals surface area contributed by atoms with Crippen LogP contribution in [0.3, 0.4) is 0 Å². The molecule has 0 radical (unpaired) electrons. The van der Waals surface area contributed by atoms with E-state index in [1.807, 2.05) is 45.0 Å². The largest absolute Gasteiger partial charge is 0.349 e. The highest BCUT2D eigenvalue weighted by Crippen LogP contribution is 2.25. The van der Waals surface area contributed by atoms with Crippen molar-refractivity contribution in [3.8, 4) is 0 Å². The predicted molar refractivity (Wildman–Crippen MR) is 75.5 cm³/mol. The first-order valence-electron chi connectivity index (χ1n) is 6.20. The van der Waals surface area contributed by atoms with E-state index < -0.39 is 5.41 Å². The molecule has 1 amide bonds. The first-order valence-corrected chi connectivity index (χ1v) is 6.58. The molecule has 1 aromatic carbocycles. The molecule has 2 unspecified atom stereocenters. The van der Waals surface area contributed by atoms with Crippen molar-refractivity contribution in [1.29, 1.82) is 0 Å². The number of benzene rings is 1. The molecule has 1 aromatic rings. The van der Waals surface area contributed by atoms with Crippen LogP contribution in [0, 0.1) is 5.41 Å². The first kappa shape index (κ1) is 15.0. The smallest absolute Gasteiger partial charge is 0.227 e. The number of carbonyl (C=O) groups is 1. The Morgan fingerprint density at radius 2 is 2.11 bits per heavy atom. The van der Waals surface area contributed by atoms with Crippen molar-refractivity contribution in [2.45, 2.75) is 33.2 Å². The lowest BCUT2D eigenvalue weighted by Gasteiger charge is -2.27. The second-order valence-electron chi connectivity index (χ2n) is 4.84. The Hall–Kier alpha value is -1.06. The maximum atomic E-state index is 12.2. The zero-order valence-electron chi connectivity index (χ0n) is 11.2. The zero-order valence-corrected chi connectivity index (χ0v) is 11.9. The lowest BCUT2D eigenvalue weighted by Crippen LogP contribution is -2.44. The molecule has 3 N–H and O–H groups in total. The summed E-state index contributed by atoms with van der Waals surface area (Å²) in [6.07, 6.45) is 0.713. The molecule has 0 aromatic heterocycles. The van der Waals surface area contributed by atoms with Gasteiger partial charge in [0, 0.05) is 11.6 Å². The van der Waals surface area contributed by atoms with Crippen LogP contribution >= 0.6 is 11.6 Å². The minimum Gasteiger partial charge on any atom is -0.349 e. The molecule has 0 saturated heterocycles. The summed E-state index contributed by atoms with van der Waals surface area (Å²) < 4.78 is 0. The summed E-state index contributed by atoms with van der Waals surface area (Å²) in [4.78, 5) is 12.2.